The van der Waals surface area contributed by atoms with Gasteiger partial charge in [0.25, 0.3) is 0 Å². The lowest BCUT2D eigenvalue weighted by Crippen LogP contribution is -2.09. The van der Waals surface area contributed by atoms with Crippen LogP contribution >= 0.6 is 0 Å². The van der Waals surface area contributed by atoms with Gasteiger partial charge in [-0.15, -0.1) is 0 Å². The maximum atomic E-state index is 12.7. The first-order valence-corrected chi connectivity index (χ1v) is 4.42. The Morgan fingerprint density at radius 1 is 1.38 bits per heavy atom. The molecule has 5 nitrogen and oxygen atoms in total. The van der Waals surface area contributed by atoms with Crippen LogP contribution in [0.15, 0.2) is 30.5 Å². The van der Waals surface area contributed by atoms with Gasteiger partial charge in [0.1, 0.15) is 5.82 Å². The van der Waals surface area contributed by atoms with E-state index in [9.17, 15) is 9.18 Å². The molecule has 1 aromatic heterocycles. The Morgan fingerprint density at radius 2 is 2.00 bits per heavy atom. The van der Waals surface area contributed by atoms with Gasteiger partial charge in [-0.1, -0.05) is 0 Å². The molecule has 0 fully saturated rings. The highest BCUT2D eigenvalue weighted by molar-refractivity contribution is 5.87. The molecule has 0 saturated heterocycles. The third-order valence-corrected chi connectivity index (χ3v) is 2.09. The molecule has 2 rings (SSSR count). The third kappa shape index (κ3) is 1.60. The van der Waals surface area contributed by atoms with E-state index in [0.717, 1.165) is 6.20 Å². The average molecular weight is 221 g/mol. The number of rotatable bonds is 2. The number of carboxylic acid groups (broad SMARTS) is 1. The highest BCUT2D eigenvalue weighted by atomic mass is 19.1. The van der Waals surface area contributed by atoms with Gasteiger partial charge in [-0.3, -0.25) is 4.57 Å². The lowest BCUT2D eigenvalue weighted by molar-refractivity contribution is 0.0688. The summed E-state index contributed by atoms with van der Waals surface area (Å²) in [4.78, 5) is 14.6. The Hall–Kier alpha value is -2.37. The normalized spacial score (nSPS) is 10.3. The van der Waals surface area contributed by atoms with Crippen molar-refractivity contribution in [3.8, 4) is 5.69 Å². The molecule has 2 aromatic rings. The number of anilines is 1. The molecule has 0 aliphatic heterocycles. The first-order chi connectivity index (χ1) is 7.59. The molecule has 16 heavy (non-hydrogen) atoms. The minimum Gasteiger partial charge on any atom is -0.477 e. The standard InChI is InChI=1S/C10H8FN3O2/c11-6-1-3-7(4-2-6)14-8(9(15)16)5-13-10(14)12/h1-5H,(H2,12,13)(H,15,16). The number of nitrogens with zero attached hydrogens (tertiary/aromatic N) is 2. The van der Waals surface area contributed by atoms with Crippen LogP contribution in [0.3, 0.4) is 0 Å². The molecular weight excluding hydrogens is 213 g/mol. The highest BCUT2D eigenvalue weighted by Crippen LogP contribution is 2.16. The van der Waals surface area contributed by atoms with Gasteiger partial charge in [-0.05, 0) is 24.3 Å². The van der Waals surface area contributed by atoms with E-state index in [4.69, 9.17) is 10.8 Å². The number of hydrogen-bond donors (Lipinski definition) is 2. The minimum atomic E-state index is -1.14. The predicted octanol–water partition coefficient (Wildman–Crippen LogP) is 1.29. The average Bonchev–Trinajstić information content (AvgIpc) is 2.62. The largest absolute Gasteiger partial charge is 0.477 e. The maximum Gasteiger partial charge on any atom is 0.354 e. The number of imidazole rings is 1. The Balaban J connectivity index is 2.58. The highest BCUT2D eigenvalue weighted by Gasteiger charge is 2.14. The van der Waals surface area contributed by atoms with Crippen molar-refractivity contribution < 1.29 is 14.3 Å². The predicted molar refractivity (Wildman–Crippen MR) is 54.9 cm³/mol. The molecule has 6 heteroatoms. The van der Waals surface area contributed by atoms with Gasteiger partial charge in [0.05, 0.1) is 6.20 Å². The number of halogens is 1. The van der Waals surface area contributed by atoms with Crippen molar-refractivity contribution in [2.75, 3.05) is 5.73 Å². The van der Waals surface area contributed by atoms with Crippen molar-refractivity contribution >= 4 is 11.9 Å². The van der Waals surface area contributed by atoms with Crippen LogP contribution in [0.1, 0.15) is 10.5 Å². The number of aromatic carboxylic acids is 1. The van der Waals surface area contributed by atoms with Gasteiger partial charge in [0.2, 0.25) is 5.95 Å². The zero-order valence-electron chi connectivity index (χ0n) is 8.09. The maximum absolute atomic E-state index is 12.7. The molecule has 0 bridgehead atoms. The number of hydrogen-bond acceptors (Lipinski definition) is 3. The molecule has 0 aliphatic carbocycles. The van der Waals surface area contributed by atoms with Gasteiger partial charge in [0, 0.05) is 5.69 Å². The van der Waals surface area contributed by atoms with Crippen molar-refractivity contribution in [2.45, 2.75) is 0 Å². The van der Waals surface area contributed by atoms with Crippen LogP contribution in [0.4, 0.5) is 10.3 Å². The van der Waals surface area contributed by atoms with Gasteiger partial charge in [-0.25, -0.2) is 14.2 Å². The molecule has 0 amide bonds. The molecule has 0 unspecified atom stereocenters. The van der Waals surface area contributed by atoms with Crippen LogP contribution in [0.25, 0.3) is 5.69 Å². The van der Waals surface area contributed by atoms with E-state index >= 15 is 0 Å². The van der Waals surface area contributed by atoms with E-state index in [1.807, 2.05) is 0 Å². The molecule has 0 radical (unpaired) electrons. The van der Waals surface area contributed by atoms with Crippen molar-refractivity contribution in [3.63, 3.8) is 0 Å². The lowest BCUT2D eigenvalue weighted by Gasteiger charge is -2.06. The van der Waals surface area contributed by atoms with Crippen LogP contribution in [-0.2, 0) is 0 Å². The van der Waals surface area contributed by atoms with E-state index < -0.39 is 11.8 Å². The summed E-state index contributed by atoms with van der Waals surface area (Å²) in [6, 6.07) is 5.31. The zero-order valence-corrected chi connectivity index (χ0v) is 8.09. The van der Waals surface area contributed by atoms with E-state index in [1.165, 1.54) is 28.8 Å². The Bertz CT molecular complexity index is 533. The molecule has 0 atom stereocenters. The van der Waals surface area contributed by atoms with Gasteiger partial charge >= 0.3 is 5.97 Å². The molecule has 0 aliphatic rings. The lowest BCUT2D eigenvalue weighted by atomic mass is 10.3. The summed E-state index contributed by atoms with van der Waals surface area (Å²) in [5, 5.41) is 8.90. The van der Waals surface area contributed by atoms with E-state index in [0.29, 0.717) is 5.69 Å². The number of carboxylic acids is 1. The van der Waals surface area contributed by atoms with Crippen LogP contribution in [-0.4, -0.2) is 20.6 Å². The fraction of sp³-hybridized carbons (Fsp3) is 0. The second-order valence-corrected chi connectivity index (χ2v) is 3.12. The number of carbonyl (C=O) groups is 1. The van der Waals surface area contributed by atoms with Gasteiger partial charge in [0.15, 0.2) is 5.69 Å². The Labute approximate surface area is 90.0 Å². The smallest absolute Gasteiger partial charge is 0.354 e. The summed E-state index contributed by atoms with van der Waals surface area (Å²) in [6.45, 7) is 0. The third-order valence-electron chi connectivity index (χ3n) is 2.09. The molecule has 1 aromatic carbocycles. The zero-order chi connectivity index (χ0) is 11.7. The summed E-state index contributed by atoms with van der Waals surface area (Å²) in [5.74, 6) is -1.50. The van der Waals surface area contributed by atoms with Gasteiger partial charge < -0.3 is 10.8 Å². The van der Waals surface area contributed by atoms with E-state index in [2.05, 4.69) is 4.98 Å². The summed E-state index contributed by atoms with van der Waals surface area (Å²) >= 11 is 0. The van der Waals surface area contributed by atoms with Crippen LogP contribution in [0.2, 0.25) is 0 Å². The molecule has 0 spiro atoms. The second kappa shape index (κ2) is 3.65. The fourth-order valence-corrected chi connectivity index (χ4v) is 1.38. The minimum absolute atomic E-state index is 0.0454. The summed E-state index contributed by atoms with van der Waals surface area (Å²) in [6.07, 6.45) is 1.15. The first kappa shape index (κ1) is 10.2. The monoisotopic (exact) mass is 221 g/mol. The van der Waals surface area contributed by atoms with E-state index in [-0.39, 0.29) is 11.6 Å². The summed E-state index contributed by atoms with van der Waals surface area (Å²) < 4.78 is 14.0. The van der Waals surface area contributed by atoms with Crippen molar-refractivity contribution in [2.24, 2.45) is 0 Å². The quantitative estimate of drug-likeness (QED) is 0.800. The van der Waals surface area contributed by atoms with Crippen molar-refractivity contribution in [1.29, 1.82) is 0 Å². The number of benzene rings is 1. The fourth-order valence-electron chi connectivity index (χ4n) is 1.38. The SMILES string of the molecule is Nc1ncc(C(=O)O)n1-c1ccc(F)cc1. The van der Waals surface area contributed by atoms with Crippen molar-refractivity contribution in [3.05, 3.63) is 42.0 Å². The summed E-state index contributed by atoms with van der Waals surface area (Å²) in [7, 11) is 0. The van der Waals surface area contributed by atoms with E-state index in [1.54, 1.807) is 0 Å². The van der Waals surface area contributed by atoms with Crippen LogP contribution < -0.4 is 5.73 Å². The second-order valence-electron chi connectivity index (χ2n) is 3.12. The van der Waals surface area contributed by atoms with Crippen LogP contribution in [0, 0.1) is 5.82 Å². The van der Waals surface area contributed by atoms with Crippen molar-refractivity contribution in [1.82, 2.24) is 9.55 Å². The molecule has 0 saturated carbocycles. The topological polar surface area (TPSA) is 81.1 Å². The Morgan fingerprint density at radius 3 is 2.56 bits per heavy atom. The molecule has 1 heterocycles. The molecule has 82 valence electrons. The summed E-state index contributed by atoms with van der Waals surface area (Å²) in [5.41, 5.74) is 5.93. The Kier molecular flexibility index (Phi) is 2.32. The van der Waals surface area contributed by atoms with Crippen LogP contribution in [0.5, 0.6) is 0 Å². The number of aromatic nitrogens is 2. The van der Waals surface area contributed by atoms with Gasteiger partial charge in [-0.2, -0.15) is 0 Å². The number of nitrogens with two attached hydrogens (primary N) is 1. The number of nitrogen functional groups attached to an aromatic ring is 1. The molecular formula is C10H8FN3O2. The molecule has 3 N–H and O–H groups in total. The first-order valence-electron chi connectivity index (χ1n) is 4.42.